The Bertz CT molecular complexity index is 352. The second-order valence-electron chi connectivity index (χ2n) is 5.90. The third-order valence-corrected chi connectivity index (χ3v) is 4.48. The first kappa shape index (κ1) is 15.7. The van der Waals surface area contributed by atoms with Crippen molar-refractivity contribution in [2.75, 3.05) is 7.11 Å². The number of rotatable bonds is 7. The van der Waals surface area contributed by atoms with E-state index in [1.165, 1.54) is 0 Å². The number of carbonyl (C=O) groups excluding carboxylic acids is 1. The minimum absolute atomic E-state index is 0.0234. The number of methoxy groups -OCH3 is 1. The molecular formula is C16H26O4. The van der Waals surface area contributed by atoms with Crippen LogP contribution in [0.1, 0.15) is 45.4 Å². The summed E-state index contributed by atoms with van der Waals surface area (Å²) >= 11 is 0. The van der Waals surface area contributed by atoms with Crippen LogP contribution in [0.15, 0.2) is 12.2 Å². The topological polar surface area (TPSA) is 55.8 Å². The van der Waals surface area contributed by atoms with Crippen molar-refractivity contribution in [3.63, 3.8) is 0 Å². The molecule has 1 aliphatic heterocycles. The van der Waals surface area contributed by atoms with Crippen molar-refractivity contribution in [3.05, 3.63) is 12.2 Å². The SMILES string of the molecule is CCCCCC(=O)C=CC1C(O)C[C@@H]2O[C@H](OC)C[C@H]12. The maximum absolute atomic E-state index is 11.8. The van der Waals surface area contributed by atoms with E-state index >= 15 is 0 Å². The van der Waals surface area contributed by atoms with Crippen LogP contribution < -0.4 is 0 Å². The highest BCUT2D eigenvalue weighted by Crippen LogP contribution is 2.44. The number of fused-ring (bicyclic) bond motifs is 1. The summed E-state index contributed by atoms with van der Waals surface area (Å²) in [7, 11) is 1.64. The maximum Gasteiger partial charge on any atom is 0.157 e. The van der Waals surface area contributed by atoms with Crippen LogP contribution in [0.5, 0.6) is 0 Å². The van der Waals surface area contributed by atoms with E-state index in [1.54, 1.807) is 13.2 Å². The molecule has 0 amide bonds. The van der Waals surface area contributed by atoms with Gasteiger partial charge < -0.3 is 14.6 Å². The quantitative estimate of drug-likeness (QED) is 0.575. The molecule has 1 aliphatic carbocycles. The van der Waals surface area contributed by atoms with E-state index in [4.69, 9.17) is 9.47 Å². The van der Waals surface area contributed by atoms with Crippen LogP contribution >= 0.6 is 0 Å². The molecule has 1 saturated carbocycles. The summed E-state index contributed by atoms with van der Waals surface area (Å²) in [6.07, 6.45) is 8.29. The van der Waals surface area contributed by atoms with Crippen molar-refractivity contribution < 1.29 is 19.4 Å². The van der Waals surface area contributed by atoms with Crippen LogP contribution in [0.3, 0.4) is 0 Å². The zero-order chi connectivity index (χ0) is 14.5. The molecule has 2 fully saturated rings. The minimum atomic E-state index is -0.400. The zero-order valence-corrected chi connectivity index (χ0v) is 12.5. The largest absolute Gasteiger partial charge is 0.392 e. The number of hydrogen-bond donors (Lipinski definition) is 1. The Hall–Kier alpha value is -0.710. The molecule has 0 aromatic rings. The highest BCUT2D eigenvalue weighted by molar-refractivity contribution is 5.89. The van der Waals surface area contributed by atoms with Crippen molar-refractivity contribution >= 4 is 5.78 Å². The highest BCUT2D eigenvalue weighted by Gasteiger charge is 2.48. The third kappa shape index (κ3) is 3.68. The fourth-order valence-electron chi connectivity index (χ4n) is 3.32. The molecule has 5 atom stereocenters. The Labute approximate surface area is 121 Å². The number of carbonyl (C=O) groups is 1. The molecule has 1 heterocycles. The predicted molar refractivity (Wildman–Crippen MR) is 76.2 cm³/mol. The summed E-state index contributed by atoms with van der Waals surface area (Å²) in [6, 6.07) is 0. The first-order valence-electron chi connectivity index (χ1n) is 7.73. The second-order valence-corrected chi connectivity index (χ2v) is 5.90. The summed E-state index contributed by atoms with van der Waals surface area (Å²) in [5, 5.41) is 10.1. The van der Waals surface area contributed by atoms with Gasteiger partial charge in [0, 0.05) is 32.3 Å². The average Bonchev–Trinajstić information content (AvgIpc) is 2.93. The third-order valence-electron chi connectivity index (χ3n) is 4.48. The Morgan fingerprint density at radius 2 is 2.20 bits per heavy atom. The van der Waals surface area contributed by atoms with Gasteiger partial charge in [0.2, 0.25) is 0 Å². The number of ether oxygens (including phenoxy) is 2. The fourth-order valence-corrected chi connectivity index (χ4v) is 3.32. The molecule has 0 radical (unpaired) electrons. The molecule has 2 unspecified atom stereocenters. The van der Waals surface area contributed by atoms with E-state index in [9.17, 15) is 9.90 Å². The standard InChI is InChI=1S/C16H26O4/c1-3-4-5-6-11(17)7-8-12-13-9-16(19-2)20-15(13)10-14(12)18/h7-8,12-16,18H,3-6,9-10H2,1-2H3/t12?,13-,14?,15+,16+/m1/s1. The molecule has 2 rings (SSSR count). The molecule has 0 aromatic heterocycles. The van der Waals surface area contributed by atoms with Crippen LogP contribution in [0.25, 0.3) is 0 Å². The number of unbranched alkanes of at least 4 members (excludes halogenated alkanes) is 2. The van der Waals surface area contributed by atoms with E-state index in [2.05, 4.69) is 6.92 Å². The first-order valence-corrected chi connectivity index (χ1v) is 7.73. The number of hydrogen-bond acceptors (Lipinski definition) is 4. The Morgan fingerprint density at radius 3 is 2.90 bits per heavy atom. The Balaban J connectivity index is 1.86. The van der Waals surface area contributed by atoms with Gasteiger partial charge in [-0.2, -0.15) is 0 Å². The minimum Gasteiger partial charge on any atom is -0.392 e. The van der Waals surface area contributed by atoms with Gasteiger partial charge >= 0.3 is 0 Å². The highest BCUT2D eigenvalue weighted by atomic mass is 16.7. The smallest absolute Gasteiger partial charge is 0.157 e. The van der Waals surface area contributed by atoms with Gasteiger partial charge in [-0.05, 0) is 18.4 Å². The van der Waals surface area contributed by atoms with Crippen molar-refractivity contribution in [2.24, 2.45) is 11.8 Å². The number of ketones is 1. The summed E-state index contributed by atoms with van der Waals surface area (Å²) in [5.41, 5.74) is 0. The normalized spacial score (nSPS) is 36.6. The number of aliphatic hydroxyl groups excluding tert-OH is 1. The Kier molecular flexibility index (Phi) is 5.75. The molecular weight excluding hydrogens is 256 g/mol. The molecule has 1 saturated heterocycles. The van der Waals surface area contributed by atoms with Gasteiger partial charge in [0.25, 0.3) is 0 Å². The lowest BCUT2D eigenvalue weighted by molar-refractivity contribution is -0.118. The molecule has 114 valence electrons. The van der Waals surface area contributed by atoms with Crippen LogP contribution in [0, 0.1) is 11.8 Å². The van der Waals surface area contributed by atoms with Gasteiger partial charge in [0.15, 0.2) is 12.1 Å². The molecule has 2 aliphatic rings. The molecule has 4 nitrogen and oxygen atoms in total. The van der Waals surface area contributed by atoms with Gasteiger partial charge in [-0.3, -0.25) is 4.79 Å². The zero-order valence-electron chi connectivity index (χ0n) is 12.5. The average molecular weight is 282 g/mol. The molecule has 20 heavy (non-hydrogen) atoms. The van der Waals surface area contributed by atoms with Crippen LogP contribution in [-0.2, 0) is 14.3 Å². The molecule has 4 heteroatoms. The van der Waals surface area contributed by atoms with Crippen molar-refractivity contribution in [2.45, 2.75) is 63.9 Å². The van der Waals surface area contributed by atoms with Crippen molar-refractivity contribution in [1.82, 2.24) is 0 Å². The first-order chi connectivity index (χ1) is 9.65. The second kappa shape index (κ2) is 7.34. The lowest BCUT2D eigenvalue weighted by Gasteiger charge is -2.16. The monoisotopic (exact) mass is 282 g/mol. The van der Waals surface area contributed by atoms with Gasteiger partial charge in [-0.15, -0.1) is 0 Å². The van der Waals surface area contributed by atoms with E-state index < -0.39 is 6.10 Å². The van der Waals surface area contributed by atoms with Crippen LogP contribution in [0.2, 0.25) is 0 Å². The van der Waals surface area contributed by atoms with Gasteiger partial charge in [0.1, 0.15) is 0 Å². The van der Waals surface area contributed by atoms with Gasteiger partial charge in [-0.1, -0.05) is 25.8 Å². The molecule has 0 aromatic carbocycles. The van der Waals surface area contributed by atoms with E-state index in [0.717, 1.165) is 25.7 Å². The summed E-state index contributed by atoms with van der Waals surface area (Å²) in [5.74, 6) is 0.459. The number of aliphatic hydroxyl groups is 1. The van der Waals surface area contributed by atoms with E-state index in [-0.39, 0.29) is 30.0 Å². The van der Waals surface area contributed by atoms with Gasteiger partial charge in [-0.25, -0.2) is 0 Å². The van der Waals surface area contributed by atoms with E-state index in [0.29, 0.717) is 12.8 Å². The summed E-state index contributed by atoms with van der Waals surface area (Å²) < 4.78 is 10.9. The van der Waals surface area contributed by atoms with E-state index in [1.807, 2.05) is 6.08 Å². The van der Waals surface area contributed by atoms with Gasteiger partial charge in [0.05, 0.1) is 12.2 Å². The molecule has 1 N–H and O–H groups in total. The molecule has 0 spiro atoms. The van der Waals surface area contributed by atoms with Crippen molar-refractivity contribution in [3.8, 4) is 0 Å². The fraction of sp³-hybridized carbons (Fsp3) is 0.812. The van der Waals surface area contributed by atoms with Crippen LogP contribution in [0.4, 0.5) is 0 Å². The summed E-state index contributed by atoms with van der Waals surface area (Å²) in [4.78, 5) is 11.8. The Morgan fingerprint density at radius 1 is 1.40 bits per heavy atom. The van der Waals surface area contributed by atoms with Crippen LogP contribution in [-0.4, -0.2) is 36.5 Å². The maximum atomic E-state index is 11.8. The van der Waals surface area contributed by atoms with Crippen molar-refractivity contribution in [1.29, 1.82) is 0 Å². The predicted octanol–water partition coefficient (Wildman–Crippen LogP) is 2.45. The lowest BCUT2D eigenvalue weighted by atomic mass is 9.91. The lowest BCUT2D eigenvalue weighted by Crippen LogP contribution is -2.19. The molecule has 0 bridgehead atoms. The number of allylic oxidation sites excluding steroid dienone is 1. The summed E-state index contributed by atoms with van der Waals surface area (Å²) in [6.45, 7) is 2.13.